The molecule has 2 amide bonds. The van der Waals surface area contributed by atoms with Crippen molar-refractivity contribution in [3.63, 3.8) is 0 Å². The molecule has 3 N–H and O–H groups in total. The van der Waals surface area contributed by atoms with Crippen molar-refractivity contribution < 1.29 is 18.0 Å². The summed E-state index contributed by atoms with van der Waals surface area (Å²) in [5.74, 6) is -0.755. The van der Waals surface area contributed by atoms with E-state index in [0.717, 1.165) is 39.6 Å². The predicted molar refractivity (Wildman–Crippen MR) is 113 cm³/mol. The van der Waals surface area contributed by atoms with Gasteiger partial charge in [0.15, 0.2) is 6.17 Å². The highest BCUT2D eigenvalue weighted by molar-refractivity contribution is 7.91. The Hall–Kier alpha value is -2.27. The van der Waals surface area contributed by atoms with E-state index >= 15 is 0 Å². The highest BCUT2D eigenvalue weighted by Crippen LogP contribution is 2.35. The maximum absolute atomic E-state index is 13.1. The molecule has 2 aromatic rings. The Morgan fingerprint density at radius 3 is 2.57 bits per heavy atom. The Bertz CT molecular complexity index is 1030. The molecule has 1 atom stereocenters. The highest BCUT2D eigenvalue weighted by atomic mass is 32.2. The molecule has 160 valence electrons. The van der Waals surface area contributed by atoms with Crippen molar-refractivity contribution in [2.45, 2.75) is 36.3 Å². The van der Waals surface area contributed by atoms with Crippen molar-refractivity contribution in [2.24, 2.45) is 11.7 Å². The first-order valence-corrected chi connectivity index (χ1v) is 12.1. The molecular weight excluding hydrogens is 424 g/mol. The summed E-state index contributed by atoms with van der Waals surface area (Å²) < 4.78 is 27.6. The van der Waals surface area contributed by atoms with E-state index in [0.29, 0.717) is 6.54 Å². The molecule has 0 radical (unpaired) electrons. The van der Waals surface area contributed by atoms with Gasteiger partial charge in [-0.25, -0.2) is 8.42 Å². The Labute approximate surface area is 179 Å². The third kappa shape index (κ3) is 4.13. The zero-order valence-corrected chi connectivity index (χ0v) is 18.0. The standard InChI is InChI=1S/C20H24N4O4S2/c21-12-14-3-1-4-15(11-14)13-22-18(25)19-23(20(26)16-6-7-16)8-9-24(19)30(27,28)17-5-2-10-29-17/h1-5,10-11,16,19H,6-9,12-13,21H2,(H,22,25). The van der Waals surface area contributed by atoms with E-state index in [1.54, 1.807) is 11.4 Å². The number of carbonyl (C=O) groups is 2. The summed E-state index contributed by atoms with van der Waals surface area (Å²) in [6.07, 6.45) is 0.392. The molecule has 1 saturated carbocycles. The van der Waals surface area contributed by atoms with Gasteiger partial charge in [0, 0.05) is 32.1 Å². The number of amides is 2. The normalized spacial score (nSPS) is 19.8. The van der Waals surface area contributed by atoms with Gasteiger partial charge in [-0.2, -0.15) is 4.31 Å². The maximum Gasteiger partial charge on any atom is 0.259 e. The lowest BCUT2D eigenvalue weighted by Crippen LogP contribution is -2.53. The number of nitrogens with two attached hydrogens (primary N) is 1. The number of hydrogen-bond acceptors (Lipinski definition) is 6. The van der Waals surface area contributed by atoms with E-state index < -0.39 is 22.1 Å². The Morgan fingerprint density at radius 1 is 1.13 bits per heavy atom. The van der Waals surface area contributed by atoms with Crippen molar-refractivity contribution in [1.82, 2.24) is 14.5 Å². The van der Waals surface area contributed by atoms with Gasteiger partial charge in [0.05, 0.1) is 0 Å². The third-order valence-corrected chi connectivity index (χ3v) is 8.55. The fraction of sp³-hybridized carbons (Fsp3) is 0.400. The molecule has 10 heteroatoms. The van der Waals surface area contributed by atoms with Crippen LogP contribution in [0.15, 0.2) is 46.0 Å². The van der Waals surface area contributed by atoms with Crippen molar-refractivity contribution in [3.8, 4) is 0 Å². The molecule has 4 rings (SSSR count). The molecule has 8 nitrogen and oxygen atoms in total. The van der Waals surface area contributed by atoms with E-state index in [4.69, 9.17) is 5.73 Å². The maximum atomic E-state index is 13.1. The van der Waals surface area contributed by atoms with E-state index in [9.17, 15) is 18.0 Å². The minimum Gasteiger partial charge on any atom is -0.349 e. The molecular formula is C20H24N4O4S2. The fourth-order valence-electron chi connectivity index (χ4n) is 3.60. The van der Waals surface area contributed by atoms with Crippen LogP contribution in [-0.4, -0.2) is 48.7 Å². The summed E-state index contributed by atoms with van der Waals surface area (Å²) in [6, 6.07) is 10.7. The Morgan fingerprint density at radius 2 is 1.90 bits per heavy atom. The van der Waals surface area contributed by atoms with Gasteiger partial charge >= 0.3 is 0 Å². The van der Waals surface area contributed by atoms with Crippen LogP contribution in [0.5, 0.6) is 0 Å². The second kappa shape index (κ2) is 8.46. The van der Waals surface area contributed by atoms with Gasteiger partial charge in [0.2, 0.25) is 5.91 Å². The van der Waals surface area contributed by atoms with Gasteiger partial charge in [-0.05, 0) is 35.4 Å². The van der Waals surface area contributed by atoms with Crippen molar-refractivity contribution >= 4 is 33.2 Å². The van der Waals surface area contributed by atoms with Crippen LogP contribution < -0.4 is 11.1 Å². The summed E-state index contributed by atoms with van der Waals surface area (Å²) in [5, 5.41) is 4.48. The minimum absolute atomic E-state index is 0.0967. The first kappa shape index (κ1) is 21.0. The summed E-state index contributed by atoms with van der Waals surface area (Å²) in [5.41, 5.74) is 7.47. The molecule has 1 aromatic carbocycles. The summed E-state index contributed by atoms with van der Waals surface area (Å²) >= 11 is 1.10. The predicted octanol–water partition coefficient (Wildman–Crippen LogP) is 1.09. The smallest absolute Gasteiger partial charge is 0.259 e. The number of nitrogens with one attached hydrogen (secondary N) is 1. The molecule has 1 unspecified atom stereocenters. The monoisotopic (exact) mass is 448 g/mol. The SMILES string of the molecule is NCc1cccc(CNC(=O)C2N(C(=O)C3CC3)CCN2S(=O)(=O)c2cccs2)c1. The van der Waals surface area contributed by atoms with Crippen LogP contribution in [0.1, 0.15) is 24.0 Å². The van der Waals surface area contributed by atoms with E-state index in [2.05, 4.69) is 5.32 Å². The zero-order valence-electron chi connectivity index (χ0n) is 16.4. The third-order valence-electron chi connectivity index (χ3n) is 5.33. The summed E-state index contributed by atoms with van der Waals surface area (Å²) in [6.45, 7) is 0.919. The molecule has 0 spiro atoms. The lowest BCUT2D eigenvalue weighted by molar-refractivity contribution is -0.141. The van der Waals surface area contributed by atoms with Crippen LogP contribution in [0.4, 0.5) is 0 Å². The van der Waals surface area contributed by atoms with Crippen LogP contribution in [0.3, 0.4) is 0 Å². The lowest BCUT2D eigenvalue weighted by atomic mass is 10.1. The van der Waals surface area contributed by atoms with Gasteiger partial charge in [-0.1, -0.05) is 30.3 Å². The molecule has 30 heavy (non-hydrogen) atoms. The van der Waals surface area contributed by atoms with E-state index in [1.165, 1.54) is 11.0 Å². The largest absolute Gasteiger partial charge is 0.349 e. The van der Waals surface area contributed by atoms with Crippen molar-refractivity contribution in [3.05, 3.63) is 52.9 Å². The molecule has 2 heterocycles. The number of rotatable bonds is 7. The summed E-state index contributed by atoms with van der Waals surface area (Å²) in [7, 11) is -3.87. The number of thiophene rings is 1. The topological polar surface area (TPSA) is 113 Å². The average Bonchev–Trinajstić information content (AvgIpc) is 3.26. The van der Waals surface area contributed by atoms with Crippen molar-refractivity contribution in [1.29, 1.82) is 0 Å². The number of hydrogen-bond donors (Lipinski definition) is 2. The quantitative estimate of drug-likeness (QED) is 0.658. The lowest BCUT2D eigenvalue weighted by Gasteiger charge is -2.28. The van der Waals surface area contributed by atoms with Gasteiger partial charge in [0.25, 0.3) is 15.9 Å². The van der Waals surface area contributed by atoms with Gasteiger partial charge in [-0.15, -0.1) is 11.3 Å². The average molecular weight is 449 g/mol. The van der Waals surface area contributed by atoms with E-state index in [1.807, 2.05) is 24.3 Å². The molecule has 1 aromatic heterocycles. The Kier molecular flexibility index (Phi) is 5.92. The summed E-state index contributed by atoms with van der Waals surface area (Å²) in [4.78, 5) is 27.3. The highest BCUT2D eigenvalue weighted by Gasteiger charge is 2.49. The molecule has 2 fully saturated rings. The zero-order chi connectivity index (χ0) is 21.3. The second-order valence-electron chi connectivity index (χ2n) is 7.47. The van der Waals surface area contributed by atoms with Gasteiger partial charge in [-0.3, -0.25) is 9.59 Å². The molecule has 0 bridgehead atoms. The van der Waals surface area contributed by atoms with E-state index in [-0.39, 0.29) is 35.7 Å². The van der Waals surface area contributed by atoms with Crippen LogP contribution in [0.2, 0.25) is 0 Å². The Balaban J connectivity index is 1.57. The molecule has 1 saturated heterocycles. The number of sulfonamides is 1. The van der Waals surface area contributed by atoms with Gasteiger partial charge < -0.3 is 16.0 Å². The van der Waals surface area contributed by atoms with Gasteiger partial charge in [0.1, 0.15) is 4.21 Å². The first-order valence-electron chi connectivity index (χ1n) is 9.83. The first-order chi connectivity index (χ1) is 14.4. The van der Waals surface area contributed by atoms with Crippen LogP contribution in [0.25, 0.3) is 0 Å². The second-order valence-corrected chi connectivity index (χ2v) is 10.5. The number of carbonyl (C=O) groups excluding carboxylic acids is 2. The molecule has 1 aliphatic carbocycles. The van der Waals surface area contributed by atoms with Crippen LogP contribution in [-0.2, 0) is 32.7 Å². The number of nitrogens with zero attached hydrogens (tertiary/aromatic N) is 2. The van der Waals surface area contributed by atoms with Crippen LogP contribution >= 0.6 is 11.3 Å². The number of benzene rings is 1. The molecule has 2 aliphatic rings. The van der Waals surface area contributed by atoms with Crippen LogP contribution in [0, 0.1) is 5.92 Å². The molecule has 1 aliphatic heterocycles. The van der Waals surface area contributed by atoms with Crippen molar-refractivity contribution in [2.75, 3.05) is 13.1 Å². The minimum atomic E-state index is -3.87. The fourth-order valence-corrected chi connectivity index (χ4v) is 6.26.